The van der Waals surface area contributed by atoms with Gasteiger partial charge in [-0.2, -0.15) is 5.26 Å². The van der Waals surface area contributed by atoms with E-state index in [9.17, 15) is 8.42 Å². The average Bonchev–Trinajstić information content (AvgIpc) is 3.29. The highest BCUT2D eigenvalue weighted by Crippen LogP contribution is 2.32. The summed E-state index contributed by atoms with van der Waals surface area (Å²) in [4.78, 5) is 4.37. The molecule has 3 aromatic heterocycles. The van der Waals surface area contributed by atoms with Crippen LogP contribution in [0.2, 0.25) is 0 Å². The van der Waals surface area contributed by atoms with Gasteiger partial charge in [-0.3, -0.25) is 0 Å². The van der Waals surface area contributed by atoms with E-state index < -0.39 is 10.0 Å². The fraction of sp³-hybridized carbons (Fsp3) is 0. The molecule has 3 heterocycles. The van der Waals surface area contributed by atoms with E-state index in [1.165, 1.54) is 37.1 Å². The third-order valence-corrected chi connectivity index (χ3v) is 5.54. The monoisotopic (exact) mass is 349 g/mol. The molecular weight excluding hydrogens is 338 g/mol. The summed E-state index contributed by atoms with van der Waals surface area (Å²) < 4.78 is 32.3. The van der Waals surface area contributed by atoms with Crippen LogP contribution in [0, 0.1) is 11.3 Å². The minimum absolute atomic E-state index is 0.164. The van der Waals surface area contributed by atoms with Crippen LogP contribution >= 0.6 is 0 Å². The van der Waals surface area contributed by atoms with Gasteiger partial charge in [0.2, 0.25) is 0 Å². The normalized spacial score (nSPS) is 11.5. The third-order valence-electron chi connectivity index (χ3n) is 3.87. The zero-order valence-electron chi connectivity index (χ0n) is 12.8. The number of furan rings is 1. The van der Waals surface area contributed by atoms with Gasteiger partial charge in [0.05, 0.1) is 23.0 Å². The molecule has 0 aliphatic rings. The molecule has 1 aromatic carbocycles. The SMILES string of the molecule is N#Cc1cnc2c(c1)c(-c1ccoc1)cn2S(=O)(=O)c1ccccc1. The first kappa shape index (κ1) is 15.2. The number of pyridine rings is 1. The standard InChI is InChI=1S/C18H11N3O3S/c19-9-13-8-16-17(14-6-7-24-12-14)11-21(18(16)20-10-13)25(22,23)15-4-2-1-3-5-15/h1-8,10-12H. The highest BCUT2D eigenvalue weighted by molar-refractivity contribution is 7.90. The van der Waals surface area contributed by atoms with E-state index in [1.54, 1.807) is 30.3 Å². The lowest BCUT2D eigenvalue weighted by molar-refractivity contribution is 0.568. The number of nitriles is 1. The summed E-state index contributed by atoms with van der Waals surface area (Å²) in [6, 6.07) is 13.5. The molecule has 0 aliphatic heterocycles. The molecule has 4 rings (SSSR count). The fourth-order valence-corrected chi connectivity index (χ4v) is 4.02. The number of hydrogen-bond acceptors (Lipinski definition) is 5. The zero-order chi connectivity index (χ0) is 17.4. The molecule has 0 bridgehead atoms. The van der Waals surface area contributed by atoms with E-state index in [1.807, 2.05) is 6.07 Å². The van der Waals surface area contributed by atoms with Crippen molar-refractivity contribution in [3.05, 3.63) is 72.9 Å². The molecule has 0 atom stereocenters. The maximum absolute atomic E-state index is 13.0. The molecule has 0 spiro atoms. The van der Waals surface area contributed by atoms with Crippen LogP contribution in [0.5, 0.6) is 0 Å². The molecule has 4 aromatic rings. The highest BCUT2D eigenvalue weighted by atomic mass is 32.2. The van der Waals surface area contributed by atoms with Gasteiger partial charge in [0.15, 0.2) is 5.65 Å². The Morgan fingerprint density at radius 2 is 1.96 bits per heavy atom. The Kier molecular flexibility index (Phi) is 3.41. The van der Waals surface area contributed by atoms with Gasteiger partial charge in [-0.25, -0.2) is 17.4 Å². The lowest BCUT2D eigenvalue weighted by Crippen LogP contribution is -2.12. The summed E-state index contributed by atoms with van der Waals surface area (Å²) in [5.74, 6) is 0. The van der Waals surface area contributed by atoms with E-state index in [-0.39, 0.29) is 10.5 Å². The molecule has 0 radical (unpaired) electrons. The van der Waals surface area contributed by atoms with Gasteiger partial charge >= 0.3 is 0 Å². The van der Waals surface area contributed by atoms with E-state index in [0.29, 0.717) is 22.1 Å². The molecule has 0 saturated carbocycles. The number of hydrogen-bond donors (Lipinski definition) is 0. The predicted molar refractivity (Wildman–Crippen MR) is 91.2 cm³/mol. The van der Waals surface area contributed by atoms with Crippen LogP contribution in [0.1, 0.15) is 5.56 Å². The van der Waals surface area contributed by atoms with Gasteiger partial charge < -0.3 is 4.42 Å². The smallest absolute Gasteiger partial charge is 0.269 e. The van der Waals surface area contributed by atoms with Crippen molar-refractivity contribution < 1.29 is 12.8 Å². The van der Waals surface area contributed by atoms with Gasteiger partial charge in [0.25, 0.3) is 10.0 Å². The summed E-state index contributed by atoms with van der Waals surface area (Å²) in [7, 11) is -3.81. The molecule has 122 valence electrons. The fourth-order valence-electron chi connectivity index (χ4n) is 2.68. The molecule has 0 fully saturated rings. The molecule has 0 aliphatic carbocycles. The second kappa shape index (κ2) is 5.61. The van der Waals surface area contributed by atoms with Crippen molar-refractivity contribution in [1.29, 1.82) is 5.26 Å². The van der Waals surface area contributed by atoms with Crippen LogP contribution in [0.4, 0.5) is 0 Å². The van der Waals surface area contributed by atoms with Crippen molar-refractivity contribution in [2.45, 2.75) is 4.90 Å². The molecule has 25 heavy (non-hydrogen) atoms. The Morgan fingerprint density at radius 3 is 2.64 bits per heavy atom. The Balaban J connectivity index is 2.05. The summed E-state index contributed by atoms with van der Waals surface area (Å²) in [5, 5.41) is 9.70. The van der Waals surface area contributed by atoms with Gasteiger partial charge in [0.1, 0.15) is 6.07 Å². The zero-order valence-corrected chi connectivity index (χ0v) is 13.6. The van der Waals surface area contributed by atoms with Crippen LogP contribution in [-0.2, 0) is 10.0 Å². The van der Waals surface area contributed by atoms with Crippen molar-refractivity contribution >= 4 is 21.1 Å². The Bertz CT molecular complexity index is 1200. The number of fused-ring (bicyclic) bond motifs is 1. The largest absolute Gasteiger partial charge is 0.472 e. The van der Waals surface area contributed by atoms with Crippen molar-refractivity contribution in [1.82, 2.24) is 8.96 Å². The summed E-state index contributed by atoms with van der Waals surface area (Å²) in [5.41, 5.74) is 1.96. The van der Waals surface area contributed by atoms with Gasteiger partial charge in [-0.1, -0.05) is 18.2 Å². The lowest BCUT2D eigenvalue weighted by Gasteiger charge is -2.06. The Labute approximate surface area is 143 Å². The van der Waals surface area contributed by atoms with Crippen molar-refractivity contribution in [3.63, 3.8) is 0 Å². The molecule has 7 heteroatoms. The Morgan fingerprint density at radius 1 is 1.16 bits per heavy atom. The van der Waals surface area contributed by atoms with E-state index in [4.69, 9.17) is 9.68 Å². The van der Waals surface area contributed by atoms with Gasteiger partial charge in [0, 0.05) is 28.9 Å². The minimum Gasteiger partial charge on any atom is -0.472 e. The van der Waals surface area contributed by atoms with E-state index in [2.05, 4.69) is 4.98 Å². The maximum Gasteiger partial charge on any atom is 0.269 e. The molecule has 0 amide bonds. The average molecular weight is 349 g/mol. The first-order chi connectivity index (χ1) is 12.1. The first-order valence-corrected chi connectivity index (χ1v) is 8.79. The minimum atomic E-state index is -3.81. The third kappa shape index (κ3) is 2.40. The van der Waals surface area contributed by atoms with Crippen molar-refractivity contribution in [3.8, 4) is 17.2 Å². The predicted octanol–water partition coefficient (Wildman–Crippen LogP) is 3.40. The molecule has 0 saturated heterocycles. The number of rotatable bonds is 3. The summed E-state index contributed by atoms with van der Waals surface area (Å²) in [6.07, 6.45) is 5.89. The molecule has 6 nitrogen and oxygen atoms in total. The van der Waals surface area contributed by atoms with Crippen LogP contribution in [0.25, 0.3) is 22.2 Å². The second-order valence-corrected chi connectivity index (χ2v) is 7.19. The second-order valence-electron chi connectivity index (χ2n) is 5.38. The van der Waals surface area contributed by atoms with Crippen LogP contribution < -0.4 is 0 Å². The number of aromatic nitrogens is 2. The summed E-state index contributed by atoms with van der Waals surface area (Å²) >= 11 is 0. The van der Waals surface area contributed by atoms with Gasteiger partial charge in [-0.15, -0.1) is 0 Å². The molecule has 0 unspecified atom stereocenters. The molecule has 0 N–H and O–H groups in total. The van der Waals surface area contributed by atoms with Gasteiger partial charge in [-0.05, 0) is 24.3 Å². The topological polar surface area (TPSA) is 88.9 Å². The maximum atomic E-state index is 13.0. The quantitative estimate of drug-likeness (QED) is 0.565. The highest BCUT2D eigenvalue weighted by Gasteiger charge is 2.23. The van der Waals surface area contributed by atoms with Crippen molar-refractivity contribution in [2.24, 2.45) is 0 Å². The van der Waals surface area contributed by atoms with E-state index >= 15 is 0 Å². The summed E-state index contributed by atoms with van der Waals surface area (Å²) in [6.45, 7) is 0. The van der Waals surface area contributed by atoms with Crippen LogP contribution in [-0.4, -0.2) is 17.4 Å². The van der Waals surface area contributed by atoms with E-state index in [0.717, 1.165) is 3.97 Å². The van der Waals surface area contributed by atoms with Crippen LogP contribution in [0.3, 0.4) is 0 Å². The lowest BCUT2D eigenvalue weighted by atomic mass is 10.1. The van der Waals surface area contributed by atoms with Crippen molar-refractivity contribution in [2.75, 3.05) is 0 Å². The number of benzene rings is 1. The first-order valence-electron chi connectivity index (χ1n) is 7.35. The molecular formula is C18H11N3O3S. The number of nitrogens with zero attached hydrogens (tertiary/aromatic N) is 3. The Hall–Kier alpha value is -3.37. The van der Waals surface area contributed by atoms with Crippen LogP contribution in [0.15, 0.2) is 76.7 Å².